The average Bonchev–Trinajstić information content (AvgIpc) is 3.05. The molecule has 0 radical (unpaired) electrons. The van der Waals surface area contributed by atoms with E-state index in [1.165, 1.54) is 5.56 Å². The first-order chi connectivity index (χ1) is 12.6. The van der Waals surface area contributed by atoms with Gasteiger partial charge in [-0.25, -0.2) is 4.68 Å². The molecule has 3 rings (SSSR count). The summed E-state index contributed by atoms with van der Waals surface area (Å²) < 4.78 is 13.4. The van der Waals surface area contributed by atoms with E-state index in [0.29, 0.717) is 34.4 Å². The molecular weight excluding hydrogens is 372 g/mol. The Kier molecular flexibility index (Phi) is 5.80. The number of ether oxygens (including phenoxy) is 2. The molecule has 2 aromatic carbocycles. The number of aromatic nitrogens is 3. The van der Waals surface area contributed by atoms with Crippen LogP contribution < -0.4 is 14.9 Å². The average molecular weight is 391 g/mol. The lowest BCUT2D eigenvalue weighted by Gasteiger charge is -2.15. The van der Waals surface area contributed by atoms with Gasteiger partial charge in [0.2, 0.25) is 4.77 Å². The quantitative estimate of drug-likeness (QED) is 0.591. The summed E-state index contributed by atoms with van der Waals surface area (Å²) in [4.78, 5) is 0. The van der Waals surface area contributed by atoms with Crippen LogP contribution >= 0.6 is 23.8 Å². The molecule has 0 unspecified atom stereocenters. The Balaban J connectivity index is 1.72. The van der Waals surface area contributed by atoms with Crippen molar-refractivity contribution >= 4 is 23.8 Å². The number of benzene rings is 2. The third kappa shape index (κ3) is 4.36. The topological polar surface area (TPSA) is 64.1 Å². The van der Waals surface area contributed by atoms with Gasteiger partial charge >= 0.3 is 0 Å². The van der Waals surface area contributed by atoms with Crippen molar-refractivity contribution in [3.8, 4) is 11.5 Å². The van der Waals surface area contributed by atoms with Crippen molar-refractivity contribution in [2.45, 2.75) is 20.1 Å². The standard InChI is InChI=1S/C18H19ClN4O2S/c1-12-3-5-13(6-4-12)10-25-17-8-15(19)14(7-16(17)24-2)9-21-23-11-20-22-18(23)26/h3-8,11,21H,9-10H2,1-2H3,(H,22,26). The van der Waals surface area contributed by atoms with Crippen LogP contribution in [0.2, 0.25) is 5.02 Å². The molecule has 136 valence electrons. The van der Waals surface area contributed by atoms with E-state index in [2.05, 4.69) is 34.7 Å². The van der Waals surface area contributed by atoms with E-state index in [9.17, 15) is 0 Å². The lowest BCUT2D eigenvalue weighted by Crippen LogP contribution is -2.13. The van der Waals surface area contributed by atoms with E-state index in [-0.39, 0.29) is 0 Å². The largest absolute Gasteiger partial charge is 0.493 e. The molecule has 0 atom stereocenters. The minimum atomic E-state index is 0.439. The second-order valence-corrected chi connectivity index (χ2v) is 6.53. The van der Waals surface area contributed by atoms with Gasteiger partial charge in [0.25, 0.3) is 0 Å². The number of halogens is 1. The number of aromatic amines is 1. The molecule has 26 heavy (non-hydrogen) atoms. The number of aryl methyl sites for hydroxylation is 1. The van der Waals surface area contributed by atoms with Gasteiger partial charge in [-0.05, 0) is 36.3 Å². The van der Waals surface area contributed by atoms with Gasteiger partial charge in [0, 0.05) is 11.1 Å². The fraction of sp³-hybridized carbons (Fsp3) is 0.222. The molecular formula is C18H19ClN4O2S. The molecule has 0 aliphatic rings. The molecule has 8 heteroatoms. The molecule has 6 nitrogen and oxygen atoms in total. The number of nitrogens with zero attached hydrogens (tertiary/aromatic N) is 2. The summed E-state index contributed by atoms with van der Waals surface area (Å²) in [6.45, 7) is 2.95. The zero-order chi connectivity index (χ0) is 18.5. The van der Waals surface area contributed by atoms with Crippen LogP contribution in [0.25, 0.3) is 0 Å². The number of H-pyrrole nitrogens is 1. The van der Waals surface area contributed by atoms with Gasteiger partial charge in [-0.15, -0.1) is 0 Å². The minimum absolute atomic E-state index is 0.439. The Labute approximate surface area is 161 Å². The van der Waals surface area contributed by atoms with Crippen molar-refractivity contribution in [2.75, 3.05) is 12.5 Å². The minimum Gasteiger partial charge on any atom is -0.493 e. The monoisotopic (exact) mass is 390 g/mol. The number of hydrogen-bond acceptors (Lipinski definition) is 5. The molecule has 1 heterocycles. The van der Waals surface area contributed by atoms with Gasteiger partial charge < -0.3 is 14.9 Å². The molecule has 0 spiro atoms. The van der Waals surface area contributed by atoms with E-state index in [4.69, 9.17) is 33.3 Å². The fourth-order valence-corrected chi connectivity index (χ4v) is 2.75. The van der Waals surface area contributed by atoms with Crippen LogP contribution in [0.4, 0.5) is 0 Å². The molecule has 0 aliphatic heterocycles. The highest BCUT2D eigenvalue weighted by molar-refractivity contribution is 7.71. The predicted octanol–water partition coefficient (Wildman–Crippen LogP) is 4.23. The van der Waals surface area contributed by atoms with Gasteiger partial charge in [0.05, 0.1) is 13.7 Å². The highest BCUT2D eigenvalue weighted by Gasteiger charge is 2.11. The van der Waals surface area contributed by atoms with Gasteiger partial charge in [-0.3, -0.25) is 5.10 Å². The lowest BCUT2D eigenvalue weighted by atomic mass is 10.1. The molecule has 0 fully saturated rings. The van der Waals surface area contributed by atoms with Crippen LogP contribution in [0, 0.1) is 11.7 Å². The van der Waals surface area contributed by atoms with Crippen molar-refractivity contribution in [1.29, 1.82) is 0 Å². The third-order valence-corrected chi connectivity index (χ3v) is 4.48. The molecule has 0 amide bonds. The normalized spacial score (nSPS) is 10.6. The summed E-state index contributed by atoms with van der Waals surface area (Å²) in [5, 5.41) is 7.11. The highest BCUT2D eigenvalue weighted by atomic mass is 35.5. The van der Waals surface area contributed by atoms with Crippen molar-refractivity contribution < 1.29 is 9.47 Å². The second-order valence-electron chi connectivity index (χ2n) is 5.74. The van der Waals surface area contributed by atoms with Crippen molar-refractivity contribution in [3.63, 3.8) is 0 Å². The van der Waals surface area contributed by atoms with Crippen LogP contribution in [0.3, 0.4) is 0 Å². The Morgan fingerprint density at radius 3 is 2.65 bits per heavy atom. The van der Waals surface area contributed by atoms with E-state index in [1.54, 1.807) is 24.2 Å². The van der Waals surface area contributed by atoms with E-state index in [1.807, 2.05) is 18.2 Å². The summed E-state index contributed by atoms with van der Waals surface area (Å²) in [5.41, 5.74) is 6.27. The predicted molar refractivity (Wildman–Crippen MR) is 104 cm³/mol. The first-order valence-corrected chi connectivity index (χ1v) is 8.76. The third-order valence-electron chi connectivity index (χ3n) is 3.84. The van der Waals surface area contributed by atoms with Crippen molar-refractivity contribution in [2.24, 2.45) is 0 Å². The van der Waals surface area contributed by atoms with Crippen LogP contribution in [0.5, 0.6) is 11.5 Å². The molecule has 1 aromatic heterocycles. The summed E-state index contributed by atoms with van der Waals surface area (Å²) in [7, 11) is 1.60. The van der Waals surface area contributed by atoms with E-state index >= 15 is 0 Å². The maximum atomic E-state index is 6.41. The van der Waals surface area contributed by atoms with Crippen LogP contribution in [0.1, 0.15) is 16.7 Å². The van der Waals surface area contributed by atoms with Crippen LogP contribution in [0.15, 0.2) is 42.7 Å². The SMILES string of the molecule is COc1cc(CNn2cn[nH]c2=S)c(Cl)cc1OCc1ccc(C)cc1. The first kappa shape index (κ1) is 18.3. The molecule has 0 aliphatic carbocycles. The van der Waals surface area contributed by atoms with Gasteiger partial charge in [-0.1, -0.05) is 41.4 Å². The Morgan fingerprint density at radius 1 is 1.23 bits per heavy atom. The van der Waals surface area contributed by atoms with Gasteiger partial charge in [0.1, 0.15) is 12.9 Å². The zero-order valence-corrected chi connectivity index (χ0v) is 16.0. The molecule has 2 N–H and O–H groups in total. The number of methoxy groups -OCH3 is 1. The Bertz CT molecular complexity index is 937. The van der Waals surface area contributed by atoms with Gasteiger partial charge in [0.15, 0.2) is 11.5 Å². The molecule has 0 saturated carbocycles. The summed E-state index contributed by atoms with van der Waals surface area (Å²) in [6.07, 6.45) is 1.56. The smallest absolute Gasteiger partial charge is 0.214 e. The number of nitrogens with one attached hydrogen (secondary N) is 2. The maximum absolute atomic E-state index is 6.41. The van der Waals surface area contributed by atoms with Crippen molar-refractivity contribution in [3.05, 3.63) is 69.2 Å². The number of hydrogen-bond donors (Lipinski definition) is 2. The van der Waals surface area contributed by atoms with Crippen LogP contribution in [-0.4, -0.2) is 22.0 Å². The fourth-order valence-electron chi connectivity index (χ4n) is 2.36. The molecule has 3 aromatic rings. The van der Waals surface area contributed by atoms with E-state index in [0.717, 1.165) is 11.1 Å². The molecule has 0 saturated heterocycles. The Morgan fingerprint density at radius 2 is 2.00 bits per heavy atom. The zero-order valence-electron chi connectivity index (χ0n) is 14.5. The first-order valence-electron chi connectivity index (χ1n) is 7.97. The highest BCUT2D eigenvalue weighted by Crippen LogP contribution is 2.34. The molecule has 0 bridgehead atoms. The maximum Gasteiger partial charge on any atom is 0.214 e. The number of rotatable bonds is 7. The summed E-state index contributed by atoms with van der Waals surface area (Å²) in [6, 6.07) is 11.8. The lowest BCUT2D eigenvalue weighted by molar-refractivity contribution is 0.284. The van der Waals surface area contributed by atoms with Crippen LogP contribution in [-0.2, 0) is 13.2 Å². The summed E-state index contributed by atoms with van der Waals surface area (Å²) in [5.74, 6) is 1.22. The second kappa shape index (κ2) is 8.25. The van der Waals surface area contributed by atoms with E-state index < -0.39 is 0 Å². The Hall–Kier alpha value is -2.51. The summed E-state index contributed by atoms with van der Waals surface area (Å²) >= 11 is 11.5. The van der Waals surface area contributed by atoms with Gasteiger partial charge in [-0.2, -0.15) is 5.10 Å². The van der Waals surface area contributed by atoms with Crippen molar-refractivity contribution in [1.82, 2.24) is 14.9 Å².